The highest BCUT2D eigenvalue weighted by Gasteiger charge is 2.41. The molecule has 1 nitrogen and oxygen atoms in total. The summed E-state index contributed by atoms with van der Waals surface area (Å²) in [5, 5.41) is 5.38. The molecule has 5 aromatic carbocycles. The van der Waals surface area contributed by atoms with Gasteiger partial charge in [-0.2, -0.15) is 0 Å². The third-order valence-corrected chi connectivity index (χ3v) is 12.1. The Labute approximate surface area is 234 Å². The lowest BCUT2D eigenvalue weighted by Crippen LogP contribution is -2.74. The van der Waals surface area contributed by atoms with Gasteiger partial charge in [-0.1, -0.05) is 142 Å². The van der Waals surface area contributed by atoms with Gasteiger partial charge in [0.15, 0.2) is 8.07 Å². The van der Waals surface area contributed by atoms with Crippen LogP contribution in [0.1, 0.15) is 33.2 Å². The summed E-state index contributed by atoms with van der Waals surface area (Å²) >= 11 is 0. The van der Waals surface area contributed by atoms with Gasteiger partial charge < -0.3 is 4.57 Å². The summed E-state index contributed by atoms with van der Waals surface area (Å²) in [5.74, 6) is 0. The number of hydrogen-bond acceptors (Lipinski definition) is 0. The maximum atomic E-state index is 9.26. The van der Waals surface area contributed by atoms with Crippen molar-refractivity contribution >= 4 is 39.7 Å². The number of para-hydroxylation sites is 1. The van der Waals surface area contributed by atoms with Crippen LogP contribution in [0.5, 0.6) is 0 Å². The Balaban J connectivity index is 1.66. The summed E-state index contributed by atoms with van der Waals surface area (Å²) in [5.41, 5.74) is 1.14. The largest absolute Gasteiger partial charge is 0.316 e. The van der Waals surface area contributed by atoms with Gasteiger partial charge in [-0.25, -0.2) is 0 Å². The van der Waals surface area contributed by atoms with E-state index in [1.807, 2.05) is 51.1 Å². The van der Waals surface area contributed by atoms with Crippen LogP contribution in [0.25, 0.3) is 16.6 Å². The molecule has 2 heteroatoms. The van der Waals surface area contributed by atoms with Crippen LogP contribution < -0.4 is 20.7 Å². The molecule has 0 aliphatic rings. The van der Waals surface area contributed by atoms with Crippen molar-refractivity contribution in [1.29, 1.82) is 0 Å². The molecule has 6 aromatic rings. The van der Waals surface area contributed by atoms with E-state index < -0.39 is 13.5 Å². The summed E-state index contributed by atoms with van der Waals surface area (Å²) in [4.78, 5) is 0. The molecule has 0 amide bonds. The van der Waals surface area contributed by atoms with Gasteiger partial charge in [0, 0.05) is 17.2 Å². The summed E-state index contributed by atoms with van der Waals surface area (Å²) < 4.78 is 45.2. The van der Waals surface area contributed by atoms with E-state index in [9.17, 15) is 1.37 Å². The zero-order chi connectivity index (χ0) is 30.5. The van der Waals surface area contributed by atoms with Crippen molar-refractivity contribution in [2.75, 3.05) is 0 Å². The van der Waals surface area contributed by atoms with Crippen LogP contribution in [0.15, 0.2) is 146 Å². The van der Waals surface area contributed by atoms with E-state index >= 15 is 0 Å². The van der Waals surface area contributed by atoms with Gasteiger partial charge in [0.25, 0.3) is 0 Å². The summed E-state index contributed by atoms with van der Waals surface area (Å²) in [6.07, 6.45) is 0.180. The lowest BCUT2D eigenvalue weighted by Gasteiger charge is -2.34. The lowest BCUT2D eigenvalue weighted by molar-refractivity contribution is 0.594. The second-order valence-corrected chi connectivity index (χ2v) is 14.5. The zero-order valence-electron chi connectivity index (χ0n) is 26.9. The van der Waals surface area contributed by atoms with Gasteiger partial charge in [-0.3, -0.25) is 0 Å². The standard InChI is InChI=1S/C36H33NSi/c1-36(2,3)34-27-37(35-22-14-13-21-33(34)35)28-23-25-32(26-24-28)38(29-15-7-4-8-16-29,30-17-9-5-10-18-30)31-19-11-6-12-20-31/h4-27H,1-3H3/i13D,14D,21D,22D,27D. The first-order valence-electron chi connectivity index (χ1n) is 15.5. The first-order chi connectivity index (χ1) is 20.6. The van der Waals surface area contributed by atoms with Crippen LogP contribution in [-0.4, -0.2) is 12.6 Å². The smallest absolute Gasteiger partial charge is 0.179 e. The molecule has 0 bridgehead atoms. The van der Waals surface area contributed by atoms with Crippen LogP contribution in [0.3, 0.4) is 0 Å². The Morgan fingerprint density at radius 1 is 0.579 bits per heavy atom. The third-order valence-electron chi connectivity index (χ3n) is 7.29. The summed E-state index contributed by atoms with van der Waals surface area (Å²) in [7, 11) is -2.73. The third kappa shape index (κ3) is 4.02. The first-order valence-corrected chi connectivity index (χ1v) is 15.0. The monoisotopic (exact) mass is 512 g/mol. The van der Waals surface area contributed by atoms with Crippen molar-refractivity contribution < 1.29 is 6.85 Å². The molecule has 0 aliphatic carbocycles. The Kier molecular flexibility index (Phi) is 4.81. The Morgan fingerprint density at radius 2 is 1.03 bits per heavy atom. The Hall–Kier alpha value is -4.14. The van der Waals surface area contributed by atoms with Crippen LogP contribution in [0, 0.1) is 0 Å². The highest BCUT2D eigenvalue weighted by Crippen LogP contribution is 2.33. The fourth-order valence-corrected chi connectivity index (χ4v) is 10.3. The van der Waals surface area contributed by atoms with E-state index in [0.717, 1.165) is 0 Å². The molecule has 0 spiro atoms. The SMILES string of the molecule is [2H]c1c([2H])c([2H])c2c(c1[2H])c(C(C)(C)C)c([2H])n2-c1ccc([Si](c2ccccc2)(c2ccccc2)c2ccccc2)cc1. The van der Waals surface area contributed by atoms with E-state index in [0.29, 0.717) is 22.2 Å². The predicted molar refractivity (Wildman–Crippen MR) is 166 cm³/mol. The van der Waals surface area contributed by atoms with Crippen molar-refractivity contribution in [3.63, 3.8) is 0 Å². The van der Waals surface area contributed by atoms with Crippen LogP contribution >= 0.6 is 0 Å². The van der Waals surface area contributed by atoms with Gasteiger partial charge >= 0.3 is 0 Å². The molecule has 0 unspecified atom stereocenters. The molecule has 6 rings (SSSR count). The van der Waals surface area contributed by atoms with Gasteiger partial charge in [-0.05, 0) is 49.9 Å². The number of aromatic nitrogens is 1. The lowest BCUT2D eigenvalue weighted by atomic mass is 9.87. The van der Waals surface area contributed by atoms with Crippen molar-refractivity contribution in [1.82, 2.24) is 4.57 Å². The molecule has 38 heavy (non-hydrogen) atoms. The van der Waals surface area contributed by atoms with Crippen molar-refractivity contribution in [2.24, 2.45) is 0 Å². The molecule has 0 saturated carbocycles. The van der Waals surface area contributed by atoms with E-state index in [2.05, 4.69) is 84.9 Å². The predicted octanol–water partition coefficient (Wildman–Crippen LogP) is 6.31. The van der Waals surface area contributed by atoms with Crippen molar-refractivity contribution in [3.05, 3.63) is 151 Å². The number of nitrogens with zero attached hydrogens (tertiary/aromatic N) is 1. The molecular weight excluding hydrogens is 474 g/mol. The highest BCUT2D eigenvalue weighted by molar-refractivity contribution is 7.19. The van der Waals surface area contributed by atoms with E-state index in [1.165, 1.54) is 20.7 Å². The molecule has 1 heterocycles. The van der Waals surface area contributed by atoms with Gasteiger partial charge in [0.1, 0.15) is 0 Å². The number of hydrogen-bond donors (Lipinski definition) is 0. The molecule has 186 valence electrons. The fraction of sp³-hybridized carbons (Fsp3) is 0.111. The van der Waals surface area contributed by atoms with Crippen molar-refractivity contribution in [3.8, 4) is 5.69 Å². The number of benzene rings is 5. The average molecular weight is 513 g/mol. The number of fused-ring (bicyclic) bond motifs is 1. The molecule has 1 aromatic heterocycles. The second kappa shape index (κ2) is 9.63. The second-order valence-electron chi connectivity index (χ2n) is 10.7. The van der Waals surface area contributed by atoms with Crippen molar-refractivity contribution in [2.45, 2.75) is 26.2 Å². The molecule has 0 atom stereocenters. The normalized spacial score (nSPS) is 13.9. The summed E-state index contributed by atoms with van der Waals surface area (Å²) in [6.45, 7) is 5.94. The van der Waals surface area contributed by atoms with Crippen LogP contribution in [0.4, 0.5) is 0 Å². The van der Waals surface area contributed by atoms with Crippen LogP contribution in [-0.2, 0) is 5.41 Å². The van der Waals surface area contributed by atoms with Gasteiger partial charge in [0.2, 0.25) is 0 Å². The maximum absolute atomic E-state index is 9.26. The molecule has 0 radical (unpaired) electrons. The average Bonchev–Trinajstić information content (AvgIpc) is 3.35. The molecule has 0 saturated heterocycles. The van der Waals surface area contributed by atoms with E-state index in [1.54, 1.807) is 4.57 Å². The molecular formula is C36H33NSi. The molecule has 0 fully saturated rings. The maximum Gasteiger partial charge on any atom is 0.179 e. The summed E-state index contributed by atoms with van der Waals surface area (Å²) in [6, 6.07) is 39.5. The van der Waals surface area contributed by atoms with E-state index in [4.69, 9.17) is 5.48 Å². The molecule has 0 N–H and O–H groups in total. The fourth-order valence-electron chi connectivity index (χ4n) is 5.54. The minimum absolute atomic E-state index is 0.103. The quantitative estimate of drug-likeness (QED) is 0.189. The minimum Gasteiger partial charge on any atom is -0.316 e. The Morgan fingerprint density at radius 3 is 1.50 bits per heavy atom. The zero-order valence-corrected chi connectivity index (χ0v) is 22.9. The van der Waals surface area contributed by atoms with Gasteiger partial charge in [0.05, 0.1) is 12.4 Å². The number of rotatable bonds is 5. The minimum atomic E-state index is -2.73. The van der Waals surface area contributed by atoms with E-state index in [-0.39, 0.29) is 30.3 Å². The van der Waals surface area contributed by atoms with Crippen LogP contribution in [0.2, 0.25) is 0 Å². The highest BCUT2D eigenvalue weighted by atomic mass is 28.3. The van der Waals surface area contributed by atoms with Gasteiger partial charge in [-0.15, -0.1) is 0 Å². The Bertz CT molecular complexity index is 1830. The topological polar surface area (TPSA) is 4.93 Å². The molecule has 0 aliphatic heterocycles. The first kappa shape index (κ1) is 19.0.